The summed E-state index contributed by atoms with van der Waals surface area (Å²) in [6.45, 7) is 2.28. The van der Waals surface area contributed by atoms with Crippen LogP contribution in [0.5, 0.6) is 5.75 Å². The van der Waals surface area contributed by atoms with E-state index in [1.165, 1.54) is 13.2 Å². The molecule has 1 amide bonds. The lowest BCUT2D eigenvalue weighted by atomic mass is 10.2. The number of esters is 1. The van der Waals surface area contributed by atoms with Gasteiger partial charge in [0.2, 0.25) is 5.91 Å². The van der Waals surface area contributed by atoms with Crippen molar-refractivity contribution in [2.24, 2.45) is 0 Å². The number of methoxy groups -OCH3 is 1. The first kappa shape index (κ1) is 19.2. The van der Waals surface area contributed by atoms with E-state index in [4.69, 9.17) is 4.74 Å². The number of rotatable bonds is 8. The summed E-state index contributed by atoms with van der Waals surface area (Å²) in [5, 5.41) is 2.62. The predicted molar refractivity (Wildman–Crippen MR) is 100 cm³/mol. The summed E-state index contributed by atoms with van der Waals surface area (Å²) in [4.78, 5) is 23.5. The number of amides is 1. The molecule has 0 heterocycles. The summed E-state index contributed by atoms with van der Waals surface area (Å²) in [6.07, 6.45) is 3.53. The molecule has 0 radical (unpaired) electrons. The molecule has 5 heteroatoms. The van der Waals surface area contributed by atoms with Gasteiger partial charge in [-0.3, -0.25) is 4.79 Å². The highest BCUT2D eigenvalue weighted by molar-refractivity contribution is 5.94. The number of hydrogen-bond donors (Lipinski definition) is 1. The van der Waals surface area contributed by atoms with Gasteiger partial charge in [0.25, 0.3) is 0 Å². The molecule has 2 rings (SSSR count). The fourth-order valence-corrected chi connectivity index (χ4v) is 2.31. The van der Waals surface area contributed by atoms with Crippen molar-refractivity contribution in [3.8, 4) is 5.75 Å². The van der Waals surface area contributed by atoms with Crippen LogP contribution in [0.4, 0.5) is 0 Å². The van der Waals surface area contributed by atoms with Crippen molar-refractivity contribution in [1.29, 1.82) is 0 Å². The summed E-state index contributed by atoms with van der Waals surface area (Å²) in [7, 11) is 1.30. The predicted octanol–water partition coefficient (Wildman–Crippen LogP) is 3.35. The molecule has 0 aliphatic carbocycles. The van der Waals surface area contributed by atoms with Crippen LogP contribution in [0.2, 0.25) is 0 Å². The molecule has 0 fully saturated rings. The third-order valence-corrected chi connectivity index (χ3v) is 3.74. The Kier molecular flexibility index (Phi) is 7.43. The van der Waals surface area contributed by atoms with E-state index in [2.05, 4.69) is 10.1 Å². The normalized spacial score (nSPS) is 11.8. The van der Waals surface area contributed by atoms with E-state index in [1.54, 1.807) is 13.0 Å². The van der Waals surface area contributed by atoms with Crippen molar-refractivity contribution in [3.05, 3.63) is 71.8 Å². The maximum absolute atomic E-state index is 12.0. The van der Waals surface area contributed by atoms with Crippen LogP contribution in [0.3, 0.4) is 0 Å². The van der Waals surface area contributed by atoms with Gasteiger partial charge in [-0.25, -0.2) is 4.79 Å². The molecule has 2 aromatic rings. The Morgan fingerprint density at radius 3 is 2.58 bits per heavy atom. The van der Waals surface area contributed by atoms with Crippen molar-refractivity contribution < 1.29 is 19.1 Å². The largest absolute Gasteiger partial charge is 0.489 e. The molecular formula is C21H23NO4. The Labute approximate surface area is 153 Å². The molecule has 1 N–H and O–H groups in total. The van der Waals surface area contributed by atoms with Crippen molar-refractivity contribution in [1.82, 2.24) is 5.32 Å². The van der Waals surface area contributed by atoms with Crippen LogP contribution in [-0.2, 0) is 20.9 Å². The second-order valence-electron chi connectivity index (χ2n) is 5.67. The first-order valence-corrected chi connectivity index (χ1v) is 8.45. The topological polar surface area (TPSA) is 64.6 Å². The molecule has 0 saturated heterocycles. The van der Waals surface area contributed by atoms with Crippen molar-refractivity contribution in [3.63, 3.8) is 0 Å². The van der Waals surface area contributed by atoms with Gasteiger partial charge in [0.15, 0.2) is 0 Å². The van der Waals surface area contributed by atoms with Gasteiger partial charge in [-0.2, -0.15) is 0 Å². The summed E-state index contributed by atoms with van der Waals surface area (Å²) in [5.74, 6) is -0.0826. The summed E-state index contributed by atoms with van der Waals surface area (Å²) in [5.41, 5.74) is 1.91. The van der Waals surface area contributed by atoms with E-state index in [9.17, 15) is 9.59 Å². The van der Waals surface area contributed by atoms with Crippen LogP contribution >= 0.6 is 0 Å². The molecule has 2 aromatic carbocycles. The van der Waals surface area contributed by atoms with Crippen molar-refractivity contribution in [2.45, 2.75) is 26.0 Å². The minimum Gasteiger partial charge on any atom is -0.489 e. The quantitative estimate of drug-likeness (QED) is 0.584. The molecule has 0 aromatic heterocycles. The van der Waals surface area contributed by atoms with Gasteiger partial charge in [-0.05, 0) is 35.8 Å². The highest BCUT2D eigenvalue weighted by Gasteiger charge is 2.17. The van der Waals surface area contributed by atoms with Crippen LogP contribution in [0.1, 0.15) is 24.5 Å². The number of carbonyl (C=O) groups is 2. The zero-order chi connectivity index (χ0) is 18.8. The monoisotopic (exact) mass is 353 g/mol. The van der Waals surface area contributed by atoms with Crippen LogP contribution in [0.15, 0.2) is 60.7 Å². The third kappa shape index (κ3) is 6.09. The van der Waals surface area contributed by atoms with Crippen LogP contribution in [0.25, 0.3) is 6.08 Å². The fourth-order valence-electron chi connectivity index (χ4n) is 2.31. The summed E-state index contributed by atoms with van der Waals surface area (Å²) in [6, 6.07) is 16.7. The van der Waals surface area contributed by atoms with Gasteiger partial charge in [0, 0.05) is 6.08 Å². The van der Waals surface area contributed by atoms with E-state index in [1.807, 2.05) is 54.6 Å². The molecule has 5 nitrogen and oxygen atoms in total. The van der Waals surface area contributed by atoms with E-state index in [-0.39, 0.29) is 5.91 Å². The summed E-state index contributed by atoms with van der Waals surface area (Å²) >= 11 is 0. The fraction of sp³-hybridized carbons (Fsp3) is 0.238. The van der Waals surface area contributed by atoms with E-state index in [0.717, 1.165) is 16.9 Å². The van der Waals surface area contributed by atoms with Gasteiger partial charge in [-0.1, -0.05) is 49.4 Å². The SMILES string of the molecule is CCC(NC(=O)/C=C/c1cccc(OCc2ccccc2)c1)C(=O)OC. The summed E-state index contributed by atoms with van der Waals surface area (Å²) < 4.78 is 10.4. The lowest BCUT2D eigenvalue weighted by Crippen LogP contribution is -2.40. The maximum Gasteiger partial charge on any atom is 0.328 e. The second-order valence-corrected chi connectivity index (χ2v) is 5.67. The molecule has 0 bridgehead atoms. The van der Waals surface area contributed by atoms with E-state index < -0.39 is 12.0 Å². The molecule has 1 atom stereocenters. The third-order valence-electron chi connectivity index (χ3n) is 3.74. The number of ether oxygens (including phenoxy) is 2. The van der Waals surface area contributed by atoms with Gasteiger partial charge in [-0.15, -0.1) is 0 Å². The second kappa shape index (κ2) is 10.0. The minimum absolute atomic E-state index is 0.349. The van der Waals surface area contributed by atoms with Crippen LogP contribution in [0, 0.1) is 0 Å². The molecular weight excluding hydrogens is 330 g/mol. The first-order chi connectivity index (χ1) is 12.6. The minimum atomic E-state index is -0.641. The van der Waals surface area contributed by atoms with Gasteiger partial charge < -0.3 is 14.8 Å². The van der Waals surface area contributed by atoms with Gasteiger partial charge in [0.1, 0.15) is 18.4 Å². The van der Waals surface area contributed by atoms with E-state index >= 15 is 0 Å². The zero-order valence-electron chi connectivity index (χ0n) is 15.0. The first-order valence-electron chi connectivity index (χ1n) is 8.45. The Balaban J connectivity index is 1.93. The average molecular weight is 353 g/mol. The van der Waals surface area contributed by atoms with E-state index in [0.29, 0.717) is 13.0 Å². The highest BCUT2D eigenvalue weighted by Crippen LogP contribution is 2.16. The average Bonchev–Trinajstić information content (AvgIpc) is 2.69. The van der Waals surface area contributed by atoms with Crippen LogP contribution < -0.4 is 10.1 Å². The molecule has 0 aliphatic heterocycles. The molecule has 136 valence electrons. The number of nitrogens with one attached hydrogen (secondary N) is 1. The van der Waals surface area contributed by atoms with Crippen molar-refractivity contribution in [2.75, 3.05) is 7.11 Å². The maximum atomic E-state index is 12.0. The Morgan fingerprint density at radius 2 is 1.88 bits per heavy atom. The Bertz CT molecular complexity index is 756. The molecule has 26 heavy (non-hydrogen) atoms. The lowest BCUT2D eigenvalue weighted by Gasteiger charge is -2.12. The van der Waals surface area contributed by atoms with Gasteiger partial charge >= 0.3 is 5.97 Å². The lowest BCUT2D eigenvalue weighted by molar-refractivity contribution is -0.144. The molecule has 0 spiro atoms. The molecule has 0 aliphatic rings. The smallest absolute Gasteiger partial charge is 0.328 e. The standard InChI is InChI=1S/C21H23NO4/c1-3-19(21(24)25-2)22-20(23)13-12-16-10-7-11-18(14-16)26-15-17-8-5-4-6-9-17/h4-14,19H,3,15H2,1-2H3,(H,22,23)/b13-12+. The Hall–Kier alpha value is -3.08. The number of carbonyl (C=O) groups excluding carboxylic acids is 2. The molecule has 1 unspecified atom stereocenters. The van der Waals surface area contributed by atoms with Crippen molar-refractivity contribution >= 4 is 18.0 Å². The molecule has 0 saturated carbocycles. The number of benzene rings is 2. The zero-order valence-corrected chi connectivity index (χ0v) is 15.0. The highest BCUT2D eigenvalue weighted by atomic mass is 16.5. The van der Waals surface area contributed by atoms with Crippen LogP contribution in [-0.4, -0.2) is 25.0 Å². The van der Waals surface area contributed by atoms with Gasteiger partial charge in [0.05, 0.1) is 7.11 Å². The Morgan fingerprint density at radius 1 is 1.12 bits per heavy atom. The number of hydrogen-bond acceptors (Lipinski definition) is 4.